The second-order valence-corrected chi connectivity index (χ2v) is 3.52. The van der Waals surface area contributed by atoms with Gasteiger partial charge in [0.05, 0.1) is 0 Å². The van der Waals surface area contributed by atoms with Gasteiger partial charge in [0.25, 0.3) is 5.91 Å². The molecule has 0 aliphatic carbocycles. The summed E-state index contributed by atoms with van der Waals surface area (Å²) in [6.45, 7) is 3.11. The molecule has 15 heavy (non-hydrogen) atoms. The van der Waals surface area contributed by atoms with E-state index in [1.54, 1.807) is 17.0 Å². The topological polar surface area (TPSA) is 45.5 Å². The molecule has 1 aromatic rings. The summed E-state index contributed by atoms with van der Waals surface area (Å²) < 4.78 is 5.05. The zero-order valence-corrected chi connectivity index (χ0v) is 9.61. The maximum atomic E-state index is 11.8. The van der Waals surface area contributed by atoms with E-state index >= 15 is 0 Å². The van der Waals surface area contributed by atoms with Crippen LogP contribution in [0, 0.1) is 0 Å². The van der Waals surface area contributed by atoms with Gasteiger partial charge in [-0.05, 0) is 23.7 Å². The number of rotatable bonds is 1. The number of piperazine rings is 1. The van der Waals surface area contributed by atoms with Gasteiger partial charge in [-0.15, -0.1) is 12.4 Å². The molecule has 1 aliphatic rings. The number of amides is 1. The monoisotopic (exact) mass is 250 g/mol. The van der Waals surface area contributed by atoms with Crippen molar-refractivity contribution in [1.29, 1.82) is 0 Å². The summed E-state index contributed by atoms with van der Waals surface area (Å²) in [5.74, 6) is 0.232. The van der Waals surface area contributed by atoms with Crippen LogP contribution in [0.25, 0.3) is 0 Å². The third kappa shape index (κ3) is 2.87. The van der Waals surface area contributed by atoms with E-state index in [0.29, 0.717) is 5.76 Å². The van der Waals surface area contributed by atoms with Crippen LogP contribution in [0.2, 0.25) is 5.22 Å². The number of nitrogens with one attached hydrogen (secondary N) is 1. The molecule has 4 nitrogen and oxygen atoms in total. The van der Waals surface area contributed by atoms with E-state index in [1.165, 1.54) is 0 Å². The zero-order valence-electron chi connectivity index (χ0n) is 8.03. The van der Waals surface area contributed by atoms with Crippen molar-refractivity contribution < 1.29 is 9.21 Å². The minimum atomic E-state index is -0.0848. The minimum absolute atomic E-state index is 0. The Morgan fingerprint density at radius 1 is 1.40 bits per heavy atom. The highest BCUT2D eigenvalue weighted by atomic mass is 35.5. The summed E-state index contributed by atoms with van der Waals surface area (Å²) in [4.78, 5) is 13.5. The molecule has 1 fully saturated rings. The average molecular weight is 251 g/mol. The lowest BCUT2D eigenvalue weighted by Crippen LogP contribution is -2.46. The lowest BCUT2D eigenvalue weighted by atomic mass is 10.3. The first-order chi connectivity index (χ1) is 6.77. The summed E-state index contributed by atoms with van der Waals surface area (Å²) in [7, 11) is 0. The van der Waals surface area contributed by atoms with Crippen LogP contribution in [-0.2, 0) is 0 Å². The number of nitrogens with zero attached hydrogens (tertiary/aromatic N) is 1. The van der Waals surface area contributed by atoms with Crippen LogP contribution in [0.3, 0.4) is 0 Å². The summed E-state index contributed by atoms with van der Waals surface area (Å²) in [5.41, 5.74) is 0. The fourth-order valence-corrected chi connectivity index (χ4v) is 1.60. The highest BCUT2D eigenvalue weighted by Crippen LogP contribution is 2.15. The molecule has 0 saturated carbocycles. The molecule has 1 saturated heterocycles. The molecule has 1 amide bonds. The third-order valence-electron chi connectivity index (χ3n) is 2.19. The predicted octanol–water partition coefficient (Wildman–Crippen LogP) is 1.40. The van der Waals surface area contributed by atoms with E-state index in [0.717, 1.165) is 26.2 Å². The van der Waals surface area contributed by atoms with Gasteiger partial charge in [-0.1, -0.05) is 0 Å². The Kier molecular flexibility index (Phi) is 4.45. The quantitative estimate of drug-likeness (QED) is 0.820. The van der Waals surface area contributed by atoms with Crippen LogP contribution in [0.4, 0.5) is 0 Å². The molecule has 1 N–H and O–H groups in total. The van der Waals surface area contributed by atoms with E-state index in [4.69, 9.17) is 16.0 Å². The van der Waals surface area contributed by atoms with Crippen molar-refractivity contribution in [2.45, 2.75) is 0 Å². The van der Waals surface area contributed by atoms with E-state index in [-0.39, 0.29) is 23.5 Å². The Balaban J connectivity index is 0.00000112. The molecule has 2 heterocycles. The maximum Gasteiger partial charge on any atom is 0.289 e. The molecule has 0 atom stereocenters. The third-order valence-corrected chi connectivity index (χ3v) is 2.39. The van der Waals surface area contributed by atoms with Gasteiger partial charge in [0.1, 0.15) is 0 Å². The molecule has 0 aromatic carbocycles. The lowest BCUT2D eigenvalue weighted by molar-refractivity contribution is 0.0704. The smallest absolute Gasteiger partial charge is 0.289 e. The highest BCUT2D eigenvalue weighted by molar-refractivity contribution is 6.29. The molecule has 1 aromatic heterocycles. The molecule has 0 radical (unpaired) electrons. The number of hydrogen-bond acceptors (Lipinski definition) is 3. The van der Waals surface area contributed by atoms with Gasteiger partial charge in [0.15, 0.2) is 11.0 Å². The van der Waals surface area contributed by atoms with E-state index < -0.39 is 0 Å². The molecular formula is C9H12Cl2N2O2. The Morgan fingerprint density at radius 2 is 2.07 bits per heavy atom. The van der Waals surface area contributed by atoms with E-state index in [9.17, 15) is 4.79 Å². The molecule has 1 aliphatic heterocycles. The maximum absolute atomic E-state index is 11.8. The number of hydrogen-bond donors (Lipinski definition) is 1. The van der Waals surface area contributed by atoms with Crippen molar-refractivity contribution in [2.75, 3.05) is 26.2 Å². The molecule has 0 bridgehead atoms. The molecule has 0 spiro atoms. The lowest BCUT2D eigenvalue weighted by Gasteiger charge is -2.26. The fraction of sp³-hybridized carbons (Fsp3) is 0.444. The Hall–Kier alpha value is -0.710. The van der Waals surface area contributed by atoms with Gasteiger partial charge >= 0.3 is 0 Å². The summed E-state index contributed by atoms with van der Waals surface area (Å²) in [6, 6.07) is 3.18. The van der Waals surface area contributed by atoms with Crippen LogP contribution in [-0.4, -0.2) is 37.0 Å². The van der Waals surface area contributed by atoms with Crippen molar-refractivity contribution in [1.82, 2.24) is 10.2 Å². The van der Waals surface area contributed by atoms with E-state index in [2.05, 4.69) is 5.32 Å². The first kappa shape index (κ1) is 12.4. The summed E-state index contributed by atoms with van der Waals surface area (Å²) >= 11 is 5.59. The fourth-order valence-electron chi connectivity index (χ4n) is 1.45. The minimum Gasteiger partial charge on any atom is -0.440 e. The Bertz CT molecular complexity index is 335. The molecule has 0 unspecified atom stereocenters. The zero-order chi connectivity index (χ0) is 9.97. The summed E-state index contributed by atoms with van der Waals surface area (Å²) in [6.07, 6.45) is 0. The van der Waals surface area contributed by atoms with Crippen LogP contribution in [0.1, 0.15) is 10.6 Å². The van der Waals surface area contributed by atoms with Crippen molar-refractivity contribution in [2.24, 2.45) is 0 Å². The van der Waals surface area contributed by atoms with Gasteiger partial charge in [0, 0.05) is 26.2 Å². The first-order valence-electron chi connectivity index (χ1n) is 4.53. The highest BCUT2D eigenvalue weighted by Gasteiger charge is 2.20. The van der Waals surface area contributed by atoms with Crippen LogP contribution >= 0.6 is 24.0 Å². The number of halogens is 2. The number of carbonyl (C=O) groups is 1. The number of furan rings is 1. The van der Waals surface area contributed by atoms with E-state index in [1.807, 2.05) is 0 Å². The summed E-state index contributed by atoms with van der Waals surface area (Å²) in [5, 5.41) is 3.43. The normalized spacial score (nSPS) is 15.9. The molecule has 6 heteroatoms. The van der Waals surface area contributed by atoms with Crippen molar-refractivity contribution in [3.63, 3.8) is 0 Å². The Morgan fingerprint density at radius 3 is 2.60 bits per heavy atom. The van der Waals surface area contributed by atoms with Gasteiger partial charge in [-0.2, -0.15) is 0 Å². The molecule has 2 rings (SSSR count). The van der Waals surface area contributed by atoms with Crippen molar-refractivity contribution in [3.05, 3.63) is 23.1 Å². The van der Waals surface area contributed by atoms with Crippen molar-refractivity contribution in [3.8, 4) is 0 Å². The van der Waals surface area contributed by atoms with Crippen LogP contribution < -0.4 is 5.32 Å². The van der Waals surface area contributed by atoms with Crippen LogP contribution in [0.15, 0.2) is 16.5 Å². The van der Waals surface area contributed by atoms with Crippen LogP contribution in [0.5, 0.6) is 0 Å². The van der Waals surface area contributed by atoms with Gasteiger partial charge < -0.3 is 14.6 Å². The Labute approximate surface area is 99.0 Å². The van der Waals surface area contributed by atoms with Gasteiger partial charge in [0.2, 0.25) is 0 Å². The standard InChI is InChI=1S/C9H11ClN2O2.ClH/c10-8-2-1-7(14-8)9(13)12-5-3-11-4-6-12;/h1-2,11H,3-6H2;1H. The number of carbonyl (C=O) groups excluding carboxylic acids is 1. The largest absolute Gasteiger partial charge is 0.440 e. The molecular weight excluding hydrogens is 239 g/mol. The second kappa shape index (κ2) is 5.39. The van der Waals surface area contributed by atoms with Gasteiger partial charge in [-0.25, -0.2) is 0 Å². The van der Waals surface area contributed by atoms with Gasteiger partial charge in [-0.3, -0.25) is 4.79 Å². The molecule has 84 valence electrons. The average Bonchev–Trinajstić information content (AvgIpc) is 2.65. The predicted molar refractivity (Wildman–Crippen MR) is 59.7 cm³/mol. The SMILES string of the molecule is Cl.O=C(c1ccc(Cl)o1)N1CCNCC1. The second-order valence-electron chi connectivity index (χ2n) is 3.15. The first-order valence-corrected chi connectivity index (χ1v) is 4.90. The van der Waals surface area contributed by atoms with Crippen molar-refractivity contribution >= 4 is 29.9 Å².